The van der Waals surface area contributed by atoms with Crippen molar-refractivity contribution in [1.29, 1.82) is 0 Å². The van der Waals surface area contributed by atoms with E-state index in [9.17, 15) is 0 Å². The zero-order chi connectivity index (χ0) is 22.5. The largest absolute Gasteiger partial charge is 0.461 e. The quantitative estimate of drug-likeness (QED) is 0.347. The molecule has 1 aliphatic heterocycles. The Morgan fingerprint density at radius 3 is 2.61 bits per heavy atom. The maximum Gasteiger partial charge on any atom is 0.259 e. The molecule has 0 aliphatic carbocycles. The number of benzene rings is 1. The lowest BCUT2D eigenvalue weighted by Crippen LogP contribution is -2.38. The summed E-state index contributed by atoms with van der Waals surface area (Å²) >= 11 is 0. The van der Waals surface area contributed by atoms with Gasteiger partial charge in [-0.15, -0.1) is 5.10 Å². The molecule has 1 saturated heterocycles. The fourth-order valence-electron chi connectivity index (χ4n) is 3.69. The number of nitrogen functional groups attached to an aromatic ring is 1. The summed E-state index contributed by atoms with van der Waals surface area (Å²) in [6, 6.07) is 12.0. The lowest BCUT2D eigenvalue weighted by atomic mass is 10.1. The van der Waals surface area contributed by atoms with Gasteiger partial charge in [-0.05, 0) is 36.2 Å². The third-order valence-corrected chi connectivity index (χ3v) is 5.49. The van der Waals surface area contributed by atoms with E-state index in [1.165, 1.54) is 10.1 Å². The highest BCUT2D eigenvalue weighted by Crippen LogP contribution is 2.17. The summed E-state index contributed by atoms with van der Waals surface area (Å²) in [5.74, 6) is 1.95. The van der Waals surface area contributed by atoms with Crippen LogP contribution < -0.4 is 16.4 Å². The molecule has 0 bridgehead atoms. The van der Waals surface area contributed by atoms with Crippen molar-refractivity contribution in [2.24, 2.45) is 0 Å². The minimum Gasteiger partial charge on any atom is -0.461 e. The van der Waals surface area contributed by atoms with E-state index < -0.39 is 0 Å². The molecule has 1 aromatic carbocycles. The van der Waals surface area contributed by atoms with E-state index in [4.69, 9.17) is 14.9 Å². The number of furan rings is 1. The topological polar surface area (TPSA) is 132 Å². The Balaban J connectivity index is 1.12. The number of anilines is 3. The number of nitrogens with zero attached hydrogens (tertiary/aromatic N) is 6. The molecule has 4 aromatic rings. The molecule has 4 N–H and O–H groups in total. The molecule has 0 amide bonds. The van der Waals surface area contributed by atoms with Crippen molar-refractivity contribution in [3.63, 3.8) is 0 Å². The summed E-state index contributed by atoms with van der Waals surface area (Å²) in [5.41, 5.74) is 8.38. The Morgan fingerprint density at radius 1 is 0.970 bits per heavy atom. The standard InChI is InChI=1S/C22H27N9O2/c23-20-27-21(28-22-26-19(29-31(20)22)18-2-1-13-33-18)25-8-7-16-3-5-17(6-4-16)24-9-10-30-11-14-32-15-12-30/h1-6,13,24H,7-12,14-15H2,(H3,23,25,26,27,28,29). The first-order valence-electron chi connectivity index (χ1n) is 11.1. The van der Waals surface area contributed by atoms with Gasteiger partial charge in [0.05, 0.1) is 19.5 Å². The summed E-state index contributed by atoms with van der Waals surface area (Å²) in [4.78, 5) is 15.5. The lowest BCUT2D eigenvalue weighted by molar-refractivity contribution is 0.0398. The molecule has 11 heteroatoms. The summed E-state index contributed by atoms with van der Waals surface area (Å²) in [6.45, 7) is 6.30. The van der Waals surface area contributed by atoms with Crippen LogP contribution in [0.5, 0.6) is 0 Å². The second-order valence-corrected chi connectivity index (χ2v) is 7.78. The summed E-state index contributed by atoms with van der Waals surface area (Å²) in [6.07, 6.45) is 2.39. The van der Waals surface area contributed by atoms with Gasteiger partial charge in [0.2, 0.25) is 17.7 Å². The van der Waals surface area contributed by atoms with Gasteiger partial charge in [0.15, 0.2) is 5.76 Å². The van der Waals surface area contributed by atoms with E-state index in [0.29, 0.717) is 29.9 Å². The van der Waals surface area contributed by atoms with Crippen LogP contribution in [-0.2, 0) is 11.2 Å². The van der Waals surface area contributed by atoms with Crippen LogP contribution in [0.4, 0.5) is 17.6 Å². The number of fused-ring (bicyclic) bond motifs is 1. The third-order valence-electron chi connectivity index (χ3n) is 5.49. The van der Waals surface area contributed by atoms with Gasteiger partial charge >= 0.3 is 0 Å². The van der Waals surface area contributed by atoms with E-state index in [0.717, 1.165) is 51.5 Å². The van der Waals surface area contributed by atoms with E-state index in [1.807, 2.05) is 0 Å². The zero-order valence-electron chi connectivity index (χ0n) is 18.3. The molecule has 5 rings (SSSR count). The summed E-state index contributed by atoms with van der Waals surface area (Å²) in [5, 5.41) is 11.0. The highest BCUT2D eigenvalue weighted by atomic mass is 16.5. The number of rotatable bonds is 9. The van der Waals surface area contributed by atoms with Crippen molar-refractivity contribution >= 4 is 23.4 Å². The first-order chi connectivity index (χ1) is 16.2. The van der Waals surface area contributed by atoms with Crippen LogP contribution in [-0.4, -0.2) is 75.4 Å². The van der Waals surface area contributed by atoms with Crippen molar-refractivity contribution in [3.05, 3.63) is 48.2 Å². The molecule has 0 atom stereocenters. The van der Waals surface area contributed by atoms with Crippen molar-refractivity contribution in [3.8, 4) is 11.6 Å². The van der Waals surface area contributed by atoms with Crippen LogP contribution in [0, 0.1) is 0 Å². The SMILES string of the molecule is Nc1nc(NCCc2ccc(NCCN3CCOCC3)cc2)nc2nc(-c3ccco3)nn12. The lowest BCUT2D eigenvalue weighted by Gasteiger charge is -2.26. The number of hydrogen-bond acceptors (Lipinski definition) is 10. The Kier molecular flexibility index (Phi) is 6.31. The molecule has 0 unspecified atom stereocenters. The number of nitrogens with two attached hydrogens (primary N) is 1. The molecule has 0 spiro atoms. The minimum atomic E-state index is 0.209. The van der Waals surface area contributed by atoms with Crippen molar-refractivity contribution in [2.75, 3.05) is 62.3 Å². The van der Waals surface area contributed by atoms with Gasteiger partial charge in [0.1, 0.15) is 0 Å². The molecule has 1 aliphatic rings. The number of morpholine rings is 1. The predicted octanol–water partition coefficient (Wildman–Crippen LogP) is 1.76. The van der Waals surface area contributed by atoms with Gasteiger partial charge in [0.25, 0.3) is 5.78 Å². The minimum absolute atomic E-state index is 0.209. The van der Waals surface area contributed by atoms with Crippen LogP contribution in [0.3, 0.4) is 0 Å². The molecule has 1 fully saturated rings. The molecular formula is C22H27N9O2. The van der Waals surface area contributed by atoms with Gasteiger partial charge in [-0.1, -0.05) is 12.1 Å². The second-order valence-electron chi connectivity index (χ2n) is 7.78. The average Bonchev–Trinajstić information content (AvgIpc) is 3.51. The van der Waals surface area contributed by atoms with Crippen LogP contribution >= 0.6 is 0 Å². The highest BCUT2D eigenvalue weighted by molar-refractivity contribution is 5.52. The summed E-state index contributed by atoms with van der Waals surface area (Å²) < 4.78 is 12.1. The van der Waals surface area contributed by atoms with Crippen LogP contribution in [0.2, 0.25) is 0 Å². The molecule has 172 valence electrons. The van der Waals surface area contributed by atoms with Gasteiger partial charge in [0, 0.05) is 38.4 Å². The summed E-state index contributed by atoms with van der Waals surface area (Å²) in [7, 11) is 0. The van der Waals surface area contributed by atoms with Crippen molar-refractivity contribution < 1.29 is 9.15 Å². The maximum atomic E-state index is 6.03. The second kappa shape index (κ2) is 9.84. The average molecular weight is 450 g/mol. The Hall–Kier alpha value is -3.70. The zero-order valence-corrected chi connectivity index (χ0v) is 18.3. The molecule has 11 nitrogen and oxygen atoms in total. The van der Waals surface area contributed by atoms with E-state index in [2.05, 4.69) is 59.8 Å². The Bertz CT molecular complexity index is 1170. The number of nitrogens with one attached hydrogen (secondary N) is 2. The van der Waals surface area contributed by atoms with E-state index >= 15 is 0 Å². The van der Waals surface area contributed by atoms with Crippen LogP contribution in [0.15, 0.2) is 47.1 Å². The number of hydrogen-bond donors (Lipinski definition) is 3. The first-order valence-corrected chi connectivity index (χ1v) is 11.1. The normalized spacial score (nSPS) is 14.5. The van der Waals surface area contributed by atoms with Gasteiger partial charge in [-0.2, -0.15) is 19.5 Å². The molecular weight excluding hydrogens is 422 g/mol. The third kappa shape index (κ3) is 5.21. The smallest absolute Gasteiger partial charge is 0.259 e. The van der Waals surface area contributed by atoms with Crippen molar-refractivity contribution in [2.45, 2.75) is 6.42 Å². The fraction of sp³-hybridized carbons (Fsp3) is 0.364. The fourth-order valence-corrected chi connectivity index (χ4v) is 3.69. The van der Waals surface area contributed by atoms with Gasteiger partial charge in [-0.25, -0.2) is 0 Å². The van der Waals surface area contributed by atoms with Crippen LogP contribution in [0.1, 0.15) is 5.56 Å². The molecule has 3 aromatic heterocycles. The highest BCUT2D eigenvalue weighted by Gasteiger charge is 2.13. The molecule has 33 heavy (non-hydrogen) atoms. The monoisotopic (exact) mass is 449 g/mol. The number of aromatic nitrogens is 5. The van der Waals surface area contributed by atoms with E-state index in [-0.39, 0.29) is 5.95 Å². The maximum absolute atomic E-state index is 6.03. The first kappa shape index (κ1) is 21.2. The molecule has 4 heterocycles. The molecule has 0 radical (unpaired) electrons. The van der Waals surface area contributed by atoms with Gasteiger partial charge < -0.3 is 25.5 Å². The van der Waals surface area contributed by atoms with Crippen LogP contribution in [0.25, 0.3) is 17.4 Å². The predicted molar refractivity (Wildman–Crippen MR) is 125 cm³/mol. The van der Waals surface area contributed by atoms with Gasteiger partial charge in [-0.3, -0.25) is 4.90 Å². The Labute approximate surface area is 191 Å². The van der Waals surface area contributed by atoms with E-state index in [1.54, 1.807) is 18.4 Å². The Morgan fingerprint density at radius 2 is 1.82 bits per heavy atom. The van der Waals surface area contributed by atoms with Crippen molar-refractivity contribution in [1.82, 2.24) is 29.5 Å². The molecule has 0 saturated carbocycles. The number of ether oxygens (including phenoxy) is 1.